The average molecular weight is 334 g/mol. The highest BCUT2D eigenvalue weighted by Gasteiger charge is 2.08. The van der Waals surface area contributed by atoms with Gasteiger partial charge in [0.15, 0.2) is 23.0 Å². The van der Waals surface area contributed by atoms with Crippen LogP contribution in [-0.4, -0.2) is 36.0 Å². The maximum Gasteiger partial charge on any atom is 0.329 e. The average Bonchev–Trinajstić information content (AvgIpc) is 2.59. The molecule has 0 unspecified atom stereocenters. The van der Waals surface area contributed by atoms with E-state index in [1.807, 2.05) is 62.4 Å². The Morgan fingerprint density at radius 3 is 1.46 bits per heavy atom. The number of carboxylic acid groups (broad SMARTS) is 1. The van der Waals surface area contributed by atoms with Gasteiger partial charge in [0.2, 0.25) is 0 Å². The molecule has 6 nitrogen and oxygen atoms in total. The van der Waals surface area contributed by atoms with Crippen molar-refractivity contribution in [2.24, 2.45) is 0 Å². The normalized spacial score (nSPS) is 9.46. The van der Waals surface area contributed by atoms with E-state index in [0.29, 0.717) is 24.7 Å². The van der Waals surface area contributed by atoms with Crippen molar-refractivity contribution in [1.82, 2.24) is 0 Å². The molecule has 24 heavy (non-hydrogen) atoms. The fourth-order valence-corrected chi connectivity index (χ4v) is 1.74. The molecule has 0 aliphatic heterocycles. The molecule has 0 atom stereocenters. The molecule has 2 N–H and O–H groups in total. The molecule has 0 spiro atoms. The van der Waals surface area contributed by atoms with E-state index in [0.717, 1.165) is 11.5 Å². The Hall–Kier alpha value is -2.73. The van der Waals surface area contributed by atoms with E-state index in [2.05, 4.69) is 0 Å². The van der Waals surface area contributed by atoms with Gasteiger partial charge >= 0.3 is 5.97 Å². The number of hydrogen-bond acceptors (Lipinski definition) is 5. The maximum atomic E-state index is 9.12. The summed E-state index contributed by atoms with van der Waals surface area (Å²) in [7, 11) is 0. The monoisotopic (exact) mass is 334 g/mol. The minimum Gasteiger partial charge on any atom is -0.490 e. The molecule has 0 aliphatic carbocycles. The van der Waals surface area contributed by atoms with Gasteiger partial charge in [0.05, 0.1) is 13.2 Å². The van der Waals surface area contributed by atoms with Gasteiger partial charge in [0.1, 0.15) is 6.61 Å². The van der Waals surface area contributed by atoms with Crippen molar-refractivity contribution in [1.29, 1.82) is 0 Å². The second kappa shape index (κ2) is 10.9. The minimum atomic E-state index is -1.19. The van der Waals surface area contributed by atoms with Crippen LogP contribution in [0.1, 0.15) is 13.8 Å². The zero-order valence-electron chi connectivity index (χ0n) is 13.8. The van der Waals surface area contributed by atoms with E-state index in [9.17, 15) is 0 Å². The van der Waals surface area contributed by atoms with E-state index in [1.54, 1.807) is 0 Å². The molecule has 0 aromatic heterocycles. The SMILES string of the molecule is CCOc1ccccc1Oc1ccccc1OCC.O=C(O)CO. The Morgan fingerprint density at radius 1 is 0.833 bits per heavy atom. The second-order valence-corrected chi connectivity index (χ2v) is 4.41. The highest BCUT2D eigenvalue weighted by atomic mass is 16.5. The van der Waals surface area contributed by atoms with Gasteiger partial charge in [0, 0.05) is 0 Å². The molecular weight excluding hydrogens is 312 g/mol. The number of carboxylic acids is 1. The third-order valence-corrected chi connectivity index (χ3v) is 2.65. The number of carbonyl (C=O) groups is 1. The van der Waals surface area contributed by atoms with Crippen LogP contribution < -0.4 is 14.2 Å². The van der Waals surface area contributed by atoms with Gasteiger partial charge in [-0.25, -0.2) is 4.79 Å². The largest absolute Gasteiger partial charge is 0.490 e. The molecular formula is C18H22O6. The number of benzene rings is 2. The van der Waals surface area contributed by atoms with Crippen molar-refractivity contribution in [2.45, 2.75) is 13.8 Å². The Morgan fingerprint density at radius 2 is 1.17 bits per heavy atom. The van der Waals surface area contributed by atoms with Crippen LogP contribution in [0.15, 0.2) is 48.5 Å². The molecule has 130 valence electrons. The van der Waals surface area contributed by atoms with Crippen LogP contribution in [0, 0.1) is 0 Å². The van der Waals surface area contributed by atoms with Crippen LogP contribution in [0.25, 0.3) is 0 Å². The fourth-order valence-electron chi connectivity index (χ4n) is 1.74. The summed E-state index contributed by atoms with van der Waals surface area (Å²) in [6.45, 7) is 4.33. The van der Waals surface area contributed by atoms with Crippen LogP contribution in [0.2, 0.25) is 0 Å². The summed E-state index contributed by atoms with van der Waals surface area (Å²) >= 11 is 0. The van der Waals surface area contributed by atoms with Gasteiger partial charge in [-0.3, -0.25) is 0 Å². The van der Waals surface area contributed by atoms with E-state index < -0.39 is 12.6 Å². The second-order valence-electron chi connectivity index (χ2n) is 4.41. The van der Waals surface area contributed by atoms with Crippen molar-refractivity contribution in [3.63, 3.8) is 0 Å². The van der Waals surface area contributed by atoms with Crippen LogP contribution in [0.4, 0.5) is 0 Å². The van der Waals surface area contributed by atoms with Crippen LogP contribution in [0.5, 0.6) is 23.0 Å². The molecule has 0 fully saturated rings. The predicted octanol–water partition coefficient (Wildman–Crippen LogP) is 3.34. The third kappa shape index (κ3) is 6.58. The molecule has 0 amide bonds. The van der Waals surface area contributed by atoms with Crippen LogP contribution in [-0.2, 0) is 4.79 Å². The molecule has 2 rings (SSSR count). The summed E-state index contributed by atoms with van der Waals surface area (Å²) in [5, 5.41) is 15.0. The van der Waals surface area contributed by atoms with Crippen molar-refractivity contribution in [3.05, 3.63) is 48.5 Å². The third-order valence-electron chi connectivity index (χ3n) is 2.65. The van der Waals surface area contributed by atoms with Crippen molar-refractivity contribution in [3.8, 4) is 23.0 Å². The van der Waals surface area contributed by atoms with Gasteiger partial charge in [-0.15, -0.1) is 0 Å². The lowest BCUT2D eigenvalue weighted by Gasteiger charge is -2.14. The molecule has 0 saturated heterocycles. The first-order chi connectivity index (χ1) is 11.6. The minimum absolute atomic E-state index is 0.605. The van der Waals surface area contributed by atoms with Crippen molar-refractivity contribution in [2.75, 3.05) is 19.8 Å². The lowest BCUT2D eigenvalue weighted by atomic mass is 10.3. The summed E-state index contributed by atoms with van der Waals surface area (Å²) in [5.41, 5.74) is 0. The fraction of sp³-hybridized carbons (Fsp3) is 0.278. The lowest BCUT2D eigenvalue weighted by Crippen LogP contribution is -1.98. The smallest absolute Gasteiger partial charge is 0.329 e. The number of aliphatic hydroxyl groups excluding tert-OH is 1. The van der Waals surface area contributed by atoms with E-state index >= 15 is 0 Å². The maximum absolute atomic E-state index is 9.12. The summed E-state index contributed by atoms with van der Waals surface area (Å²) in [5.74, 6) is 1.66. The summed E-state index contributed by atoms with van der Waals surface area (Å²) in [4.78, 5) is 9.12. The Bertz CT molecular complexity index is 579. The molecule has 6 heteroatoms. The highest BCUT2D eigenvalue weighted by molar-refractivity contribution is 5.67. The summed E-state index contributed by atoms with van der Waals surface area (Å²) < 4.78 is 17.0. The van der Waals surface area contributed by atoms with Gasteiger partial charge in [0.25, 0.3) is 0 Å². The zero-order chi connectivity index (χ0) is 17.8. The molecule has 0 radical (unpaired) electrons. The Balaban J connectivity index is 0.000000505. The van der Waals surface area contributed by atoms with Gasteiger partial charge in [-0.1, -0.05) is 24.3 Å². The first-order valence-electron chi connectivity index (χ1n) is 7.56. The molecule has 2 aromatic carbocycles. The zero-order valence-corrected chi connectivity index (χ0v) is 13.8. The van der Waals surface area contributed by atoms with E-state index in [-0.39, 0.29) is 0 Å². The molecule has 0 saturated carbocycles. The van der Waals surface area contributed by atoms with E-state index in [4.69, 9.17) is 29.2 Å². The number of hydrogen-bond donors (Lipinski definition) is 2. The number of para-hydroxylation sites is 4. The quantitative estimate of drug-likeness (QED) is 0.808. The molecule has 0 bridgehead atoms. The first kappa shape index (κ1) is 19.3. The molecule has 2 aromatic rings. The predicted molar refractivity (Wildman–Crippen MR) is 90.0 cm³/mol. The van der Waals surface area contributed by atoms with Gasteiger partial charge in [-0.2, -0.15) is 0 Å². The summed E-state index contributed by atoms with van der Waals surface area (Å²) in [6, 6.07) is 15.2. The lowest BCUT2D eigenvalue weighted by molar-refractivity contribution is -0.140. The van der Waals surface area contributed by atoms with Crippen molar-refractivity contribution >= 4 is 5.97 Å². The number of ether oxygens (including phenoxy) is 3. The molecule has 0 aliphatic rings. The highest BCUT2D eigenvalue weighted by Crippen LogP contribution is 2.36. The number of aliphatic carboxylic acids is 1. The van der Waals surface area contributed by atoms with Gasteiger partial charge < -0.3 is 24.4 Å². The van der Waals surface area contributed by atoms with Gasteiger partial charge in [-0.05, 0) is 38.1 Å². The number of aliphatic hydroxyl groups is 1. The topological polar surface area (TPSA) is 85.2 Å². The molecule has 0 heterocycles. The Labute approximate surface area is 141 Å². The standard InChI is InChI=1S/C16H18O3.C2H4O3/c1-3-17-13-9-5-7-11-15(13)19-16-12-8-6-10-14(16)18-4-2;3-1-2(4)5/h5-12H,3-4H2,1-2H3;3H,1H2,(H,4,5). The van der Waals surface area contributed by atoms with Crippen LogP contribution in [0.3, 0.4) is 0 Å². The summed E-state index contributed by atoms with van der Waals surface area (Å²) in [6.07, 6.45) is 0. The Kier molecular flexibility index (Phi) is 8.78. The van der Waals surface area contributed by atoms with E-state index in [1.165, 1.54) is 0 Å². The van der Waals surface area contributed by atoms with Crippen molar-refractivity contribution < 1.29 is 29.2 Å². The first-order valence-corrected chi connectivity index (χ1v) is 7.56. The van der Waals surface area contributed by atoms with Crippen LogP contribution >= 0.6 is 0 Å². The number of rotatable bonds is 7.